The molecule has 3 N–H and O–H groups in total. The van der Waals surface area contributed by atoms with E-state index in [-0.39, 0.29) is 5.69 Å². The summed E-state index contributed by atoms with van der Waals surface area (Å²) in [4.78, 5) is 37.8. The molecule has 0 radical (unpaired) electrons. The summed E-state index contributed by atoms with van der Waals surface area (Å²) in [6, 6.07) is 12.8. The summed E-state index contributed by atoms with van der Waals surface area (Å²) in [5.41, 5.74) is 5.95. The van der Waals surface area contributed by atoms with Crippen molar-refractivity contribution < 1.29 is 14.4 Å². The Hall–Kier alpha value is -3.13. The second-order valence-corrected chi connectivity index (χ2v) is 8.26. The molecule has 3 aromatic rings. The van der Waals surface area contributed by atoms with Crippen molar-refractivity contribution in [2.45, 2.75) is 33.6 Å². The molecule has 0 aliphatic rings. The van der Waals surface area contributed by atoms with Crippen molar-refractivity contribution in [1.29, 1.82) is 0 Å². The van der Waals surface area contributed by atoms with Crippen LogP contribution in [0.15, 0.2) is 46.9 Å². The zero-order valence-electron chi connectivity index (χ0n) is 17.7. The van der Waals surface area contributed by atoms with Crippen LogP contribution in [0.25, 0.3) is 10.9 Å². The molecule has 3 amide bonds. The van der Waals surface area contributed by atoms with E-state index in [4.69, 9.17) is 0 Å². The summed E-state index contributed by atoms with van der Waals surface area (Å²) in [6.45, 7) is 6.24. The third kappa shape index (κ3) is 5.14. The van der Waals surface area contributed by atoms with Crippen LogP contribution in [-0.4, -0.2) is 28.9 Å². The summed E-state index contributed by atoms with van der Waals surface area (Å²) < 4.78 is 2.19. The first-order valence-electron chi connectivity index (χ1n) is 10.1. The van der Waals surface area contributed by atoms with Crippen molar-refractivity contribution in [2.24, 2.45) is 0 Å². The standard InChI is InChI=1S/C23H25BrN4O3/c1-4-5-11-25-22(30)23(31)27-28-18-10-9-17(24)12-16(18)13-19(28)21(29)26-20-14(2)7-6-8-15(20)3/h6-10,12-13H,4-5,11H2,1-3H3,(H,25,30)(H,26,29)(H,27,31). The number of rotatable bonds is 6. The van der Waals surface area contributed by atoms with Crippen molar-refractivity contribution in [3.8, 4) is 0 Å². The van der Waals surface area contributed by atoms with Gasteiger partial charge in [-0.2, -0.15) is 0 Å². The first-order chi connectivity index (χ1) is 14.8. The van der Waals surface area contributed by atoms with Gasteiger partial charge in [-0.3, -0.25) is 19.8 Å². The fraction of sp³-hybridized carbons (Fsp3) is 0.261. The summed E-state index contributed by atoms with van der Waals surface area (Å²) >= 11 is 3.42. The largest absolute Gasteiger partial charge is 0.348 e. The van der Waals surface area contributed by atoms with Crippen LogP contribution in [0.3, 0.4) is 0 Å². The summed E-state index contributed by atoms with van der Waals surface area (Å²) in [5, 5.41) is 6.26. The Kier molecular flexibility index (Phi) is 7.12. The molecular formula is C23H25BrN4O3. The number of hydrogen-bond acceptors (Lipinski definition) is 3. The SMILES string of the molecule is CCCCNC(=O)C(=O)Nn1c(C(=O)Nc2c(C)cccc2C)cc2cc(Br)ccc21. The number of amides is 3. The van der Waals surface area contributed by atoms with E-state index in [1.807, 2.05) is 45.0 Å². The van der Waals surface area contributed by atoms with Crippen molar-refractivity contribution in [1.82, 2.24) is 9.99 Å². The van der Waals surface area contributed by atoms with Gasteiger partial charge in [0.15, 0.2) is 0 Å². The lowest BCUT2D eigenvalue weighted by Crippen LogP contribution is -2.40. The van der Waals surface area contributed by atoms with E-state index in [9.17, 15) is 14.4 Å². The molecule has 1 aromatic heterocycles. The van der Waals surface area contributed by atoms with Crippen LogP contribution < -0.4 is 16.1 Å². The molecule has 0 aliphatic heterocycles. The number of halogens is 1. The maximum atomic E-state index is 13.2. The molecule has 3 rings (SSSR count). The molecule has 31 heavy (non-hydrogen) atoms. The highest BCUT2D eigenvalue weighted by Crippen LogP contribution is 2.25. The van der Waals surface area contributed by atoms with Gasteiger partial charge in [-0.1, -0.05) is 47.5 Å². The molecule has 8 heteroatoms. The van der Waals surface area contributed by atoms with Crippen LogP contribution in [0.4, 0.5) is 5.69 Å². The second-order valence-electron chi connectivity index (χ2n) is 7.34. The summed E-state index contributed by atoms with van der Waals surface area (Å²) in [5.74, 6) is -1.97. The minimum absolute atomic E-state index is 0.213. The first kappa shape index (κ1) is 22.6. The van der Waals surface area contributed by atoms with Gasteiger partial charge < -0.3 is 10.6 Å². The number of para-hydroxylation sites is 1. The van der Waals surface area contributed by atoms with Crippen LogP contribution >= 0.6 is 15.9 Å². The number of aryl methyl sites for hydroxylation is 2. The normalized spacial score (nSPS) is 10.7. The third-order valence-corrected chi connectivity index (χ3v) is 5.44. The molecule has 0 unspecified atom stereocenters. The lowest BCUT2D eigenvalue weighted by atomic mass is 10.1. The van der Waals surface area contributed by atoms with Gasteiger partial charge in [0.25, 0.3) is 5.91 Å². The second kappa shape index (κ2) is 9.78. The number of benzene rings is 2. The van der Waals surface area contributed by atoms with Gasteiger partial charge in [-0.25, -0.2) is 4.68 Å². The number of anilines is 1. The fourth-order valence-electron chi connectivity index (χ4n) is 3.27. The predicted molar refractivity (Wildman–Crippen MR) is 126 cm³/mol. The Labute approximate surface area is 189 Å². The van der Waals surface area contributed by atoms with E-state index in [0.717, 1.165) is 33.8 Å². The van der Waals surface area contributed by atoms with E-state index in [0.29, 0.717) is 17.7 Å². The lowest BCUT2D eigenvalue weighted by Gasteiger charge is -2.14. The Balaban J connectivity index is 1.94. The van der Waals surface area contributed by atoms with Gasteiger partial charge in [-0.15, -0.1) is 0 Å². The van der Waals surface area contributed by atoms with Gasteiger partial charge in [0.1, 0.15) is 5.69 Å². The average molecular weight is 485 g/mol. The van der Waals surface area contributed by atoms with Crippen molar-refractivity contribution in [3.63, 3.8) is 0 Å². The number of nitrogens with one attached hydrogen (secondary N) is 3. The molecule has 7 nitrogen and oxygen atoms in total. The van der Waals surface area contributed by atoms with E-state index in [2.05, 4.69) is 32.0 Å². The number of aromatic nitrogens is 1. The molecule has 0 fully saturated rings. The Morgan fingerprint density at radius 2 is 1.71 bits per heavy atom. The number of hydrogen-bond donors (Lipinski definition) is 3. The molecular weight excluding hydrogens is 460 g/mol. The van der Waals surface area contributed by atoms with Crippen molar-refractivity contribution >= 4 is 50.2 Å². The van der Waals surface area contributed by atoms with E-state index in [1.165, 1.54) is 4.68 Å². The van der Waals surface area contributed by atoms with E-state index in [1.54, 1.807) is 18.2 Å². The number of carbonyl (C=O) groups excluding carboxylic acids is 3. The summed E-state index contributed by atoms with van der Waals surface area (Å²) in [7, 11) is 0. The Bertz CT molecular complexity index is 1130. The van der Waals surface area contributed by atoms with Gasteiger partial charge in [0.2, 0.25) is 0 Å². The fourth-order valence-corrected chi connectivity index (χ4v) is 3.65. The van der Waals surface area contributed by atoms with Crippen LogP contribution in [0, 0.1) is 13.8 Å². The molecule has 0 saturated heterocycles. The average Bonchev–Trinajstić information content (AvgIpc) is 3.08. The van der Waals surface area contributed by atoms with Gasteiger partial charge in [0.05, 0.1) is 5.52 Å². The van der Waals surface area contributed by atoms with Crippen LogP contribution in [0.1, 0.15) is 41.4 Å². The molecule has 2 aromatic carbocycles. The van der Waals surface area contributed by atoms with Gasteiger partial charge >= 0.3 is 11.8 Å². The van der Waals surface area contributed by atoms with Gasteiger partial charge in [0, 0.05) is 22.1 Å². The highest BCUT2D eigenvalue weighted by atomic mass is 79.9. The van der Waals surface area contributed by atoms with Crippen LogP contribution in [0.2, 0.25) is 0 Å². The minimum Gasteiger partial charge on any atom is -0.348 e. The minimum atomic E-state index is -0.836. The topological polar surface area (TPSA) is 92.2 Å². The van der Waals surface area contributed by atoms with Crippen LogP contribution in [-0.2, 0) is 9.59 Å². The Morgan fingerprint density at radius 3 is 2.39 bits per heavy atom. The highest BCUT2D eigenvalue weighted by Gasteiger charge is 2.21. The molecule has 1 heterocycles. The maximum absolute atomic E-state index is 13.2. The molecule has 0 aliphatic carbocycles. The predicted octanol–water partition coefficient (Wildman–Crippen LogP) is 4.26. The molecule has 0 saturated carbocycles. The monoisotopic (exact) mass is 484 g/mol. The van der Waals surface area contributed by atoms with Crippen molar-refractivity contribution in [2.75, 3.05) is 17.3 Å². The zero-order valence-corrected chi connectivity index (χ0v) is 19.3. The molecule has 0 spiro atoms. The quantitative estimate of drug-likeness (QED) is 0.360. The lowest BCUT2D eigenvalue weighted by molar-refractivity contribution is -0.136. The first-order valence-corrected chi connectivity index (χ1v) is 10.9. The van der Waals surface area contributed by atoms with Gasteiger partial charge in [-0.05, 0) is 55.7 Å². The highest BCUT2D eigenvalue weighted by molar-refractivity contribution is 9.10. The third-order valence-electron chi connectivity index (χ3n) is 4.95. The molecule has 0 bridgehead atoms. The van der Waals surface area contributed by atoms with Crippen molar-refractivity contribution in [3.05, 3.63) is 63.8 Å². The van der Waals surface area contributed by atoms with Crippen LogP contribution in [0.5, 0.6) is 0 Å². The zero-order chi connectivity index (χ0) is 22.5. The molecule has 162 valence electrons. The smallest absolute Gasteiger partial charge is 0.328 e. The number of carbonyl (C=O) groups is 3. The Morgan fingerprint density at radius 1 is 1.00 bits per heavy atom. The summed E-state index contributed by atoms with van der Waals surface area (Å²) in [6.07, 6.45) is 1.69. The molecule has 0 atom stereocenters. The number of nitrogens with zero attached hydrogens (tertiary/aromatic N) is 1. The number of fused-ring (bicyclic) bond motifs is 1. The van der Waals surface area contributed by atoms with E-state index >= 15 is 0 Å². The maximum Gasteiger partial charge on any atom is 0.328 e. The van der Waals surface area contributed by atoms with E-state index < -0.39 is 17.7 Å². The number of unbranched alkanes of at least 4 members (excludes halogenated alkanes) is 1.